The summed E-state index contributed by atoms with van der Waals surface area (Å²) in [7, 11) is 0. The van der Waals surface area contributed by atoms with Crippen molar-refractivity contribution < 1.29 is 9.59 Å². The van der Waals surface area contributed by atoms with Gasteiger partial charge in [0.05, 0.1) is 17.3 Å². The number of carbonyl (C=O) groups excluding carboxylic acids is 2. The van der Waals surface area contributed by atoms with Crippen LogP contribution in [0.5, 0.6) is 0 Å². The molecule has 2 aromatic carbocycles. The SMILES string of the molecule is C[C@H]1CN(C(=O)/C=C/c2ccccc2)c2ccccc2NC1=O. The van der Waals surface area contributed by atoms with E-state index in [4.69, 9.17) is 0 Å². The van der Waals surface area contributed by atoms with Crippen LogP contribution < -0.4 is 10.2 Å². The molecule has 116 valence electrons. The second kappa shape index (κ2) is 6.48. The Hall–Kier alpha value is -2.88. The van der Waals surface area contributed by atoms with E-state index in [-0.39, 0.29) is 17.7 Å². The number of hydrogen-bond acceptors (Lipinski definition) is 2. The fraction of sp³-hybridized carbons (Fsp3) is 0.158. The molecular weight excluding hydrogens is 288 g/mol. The Morgan fingerprint density at radius 2 is 1.83 bits per heavy atom. The molecule has 1 aliphatic rings. The first-order valence-corrected chi connectivity index (χ1v) is 7.59. The third-order valence-corrected chi connectivity index (χ3v) is 3.84. The topological polar surface area (TPSA) is 49.4 Å². The fourth-order valence-electron chi connectivity index (χ4n) is 2.56. The van der Waals surface area contributed by atoms with E-state index >= 15 is 0 Å². The highest BCUT2D eigenvalue weighted by atomic mass is 16.2. The van der Waals surface area contributed by atoms with Crippen LogP contribution in [0.15, 0.2) is 60.7 Å². The number of carbonyl (C=O) groups is 2. The van der Waals surface area contributed by atoms with Gasteiger partial charge in [0.2, 0.25) is 5.91 Å². The Kier molecular flexibility index (Phi) is 4.24. The zero-order chi connectivity index (χ0) is 16.2. The number of nitrogens with one attached hydrogen (secondary N) is 1. The molecule has 3 rings (SSSR count). The lowest BCUT2D eigenvalue weighted by molar-refractivity contribution is -0.119. The second-order valence-electron chi connectivity index (χ2n) is 5.60. The normalized spacial score (nSPS) is 17.5. The Balaban J connectivity index is 1.90. The van der Waals surface area contributed by atoms with E-state index in [1.165, 1.54) is 0 Å². The summed E-state index contributed by atoms with van der Waals surface area (Å²) >= 11 is 0. The fourth-order valence-corrected chi connectivity index (χ4v) is 2.56. The number of anilines is 2. The van der Waals surface area contributed by atoms with Gasteiger partial charge < -0.3 is 10.2 Å². The number of rotatable bonds is 2. The molecule has 0 spiro atoms. The minimum absolute atomic E-state index is 0.0696. The van der Waals surface area contributed by atoms with Crippen molar-refractivity contribution in [3.8, 4) is 0 Å². The first-order valence-electron chi connectivity index (χ1n) is 7.59. The average Bonchev–Trinajstić information content (AvgIpc) is 2.71. The molecule has 0 aliphatic carbocycles. The van der Waals surface area contributed by atoms with Crippen LogP contribution in [0.2, 0.25) is 0 Å². The molecule has 1 aliphatic heterocycles. The molecule has 0 fully saturated rings. The zero-order valence-corrected chi connectivity index (χ0v) is 12.9. The van der Waals surface area contributed by atoms with Crippen LogP contribution >= 0.6 is 0 Å². The van der Waals surface area contributed by atoms with Crippen molar-refractivity contribution >= 4 is 29.3 Å². The minimum atomic E-state index is -0.267. The van der Waals surface area contributed by atoms with Gasteiger partial charge in [0.25, 0.3) is 5.91 Å². The van der Waals surface area contributed by atoms with E-state index in [1.807, 2.05) is 61.5 Å². The van der Waals surface area contributed by atoms with Crippen LogP contribution in [0.3, 0.4) is 0 Å². The third-order valence-electron chi connectivity index (χ3n) is 3.84. The van der Waals surface area contributed by atoms with Gasteiger partial charge in [-0.15, -0.1) is 0 Å². The van der Waals surface area contributed by atoms with Crippen molar-refractivity contribution in [1.82, 2.24) is 0 Å². The molecule has 0 saturated heterocycles. The number of para-hydroxylation sites is 2. The number of nitrogens with zero attached hydrogens (tertiary/aromatic N) is 1. The number of hydrogen-bond donors (Lipinski definition) is 1. The van der Waals surface area contributed by atoms with Gasteiger partial charge in [0.15, 0.2) is 0 Å². The van der Waals surface area contributed by atoms with Crippen LogP contribution in [-0.2, 0) is 9.59 Å². The Morgan fingerprint density at radius 1 is 1.13 bits per heavy atom. The van der Waals surface area contributed by atoms with E-state index in [1.54, 1.807) is 17.1 Å². The molecule has 2 aromatic rings. The van der Waals surface area contributed by atoms with Crippen molar-refractivity contribution in [2.75, 3.05) is 16.8 Å². The molecule has 23 heavy (non-hydrogen) atoms. The standard InChI is InChI=1S/C19H18N2O2/c1-14-13-21(17-10-6-5-9-16(17)20-19(14)23)18(22)12-11-15-7-3-2-4-8-15/h2-12,14H,13H2,1H3,(H,20,23)/b12-11+/t14-/m0/s1. The number of amides is 2. The summed E-state index contributed by atoms with van der Waals surface area (Å²) < 4.78 is 0. The van der Waals surface area contributed by atoms with E-state index in [0.29, 0.717) is 12.2 Å². The molecule has 2 amide bonds. The predicted octanol–water partition coefficient (Wildman–Crippen LogP) is 3.32. The molecule has 0 saturated carbocycles. The maximum absolute atomic E-state index is 12.6. The molecular formula is C19H18N2O2. The van der Waals surface area contributed by atoms with Gasteiger partial charge in [0, 0.05) is 12.6 Å². The van der Waals surface area contributed by atoms with Crippen LogP contribution in [-0.4, -0.2) is 18.4 Å². The Bertz CT molecular complexity index is 753. The Morgan fingerprint density at radius 3 is 2.61 bits per heavy atom. The monoisotopic (exact) mass is 306 g/mol. The lowest BCUT2D eigenvalue weighted by Gasteiger charge is -2.22. The smallest absolute Gasteiger partial charge is 0.251 e. The number of fused-ring (bicyclic) bond motifs is 1. The highest BCUT2D eigenvalue weighted by molar-refractivity contribution is 6.09. The molecule has 0 unspecified atom stereocenters. The second-order valence-corrected chi connectivity index (χ2v) is 5.60. The van der Waals surface area contributed by atoms with Crippen molar-refractivity contribution in [2.24, 2.45) is 5.92 Å². The largest absolute Gasteiger partial charge is 0.324 e. The number of benzene rings is 2. The van der Waals surface area contributed by atoms with Crippen molar-refractivity contribution in [3.05, 3.63) is 66.2 Å². The summed E-state index contributed by atoms with van der Waals surface area (Å²) in [6.45, 7) is 2.18. The first-order chi connectivity index (χ1) is 11.1. The Labute approximate surface area is 135 Å². The molecule has 0 aromatic heterocycles. The van der Waals surface area contributed by atoms with Gasteiger partial charge in [-0.25, -0.2) is 0 Å². The summed E-state index contributed by atoms with van der Waals surface area (Å²) in [5.41, 5.74) is 2.36. The summed E-state index contributed by atoms with van der Waals surface area (Å²) in [5.74, 6) is -0.471. The molecule has 1 N–H and O–H groups in total. The highest BCUT2D eigenvalue weighted by Crippen LogP contribution is 2.30. The maximum Gasteiger partial charge on any atom is 0.251 e. The van der Waals surface area contributed by atoms with E-state index in [2.05, 4.69) is 5.32 Å². The van der Waals surface area contributed by atoms with Gasteiger partial charge in [0.1, 0.15) is 0 Å². The van der Waals surface area contributed by atoms with E-state index in [9.17, 15) is 9.59 Å². The van der Waals surface area contributed by atoms with Crippen LogP contribution in [0, 0.1) is 5.92 Å². The van der Waals surface area contributed by atoms with Gasteiger partial charge in [-0.2, -0.15) is 0 Å². The molecule has 4 heteroatoms. The van der Waals surface area contributed by atoms with Crippen LogP contribution in [0.25, 0.3) is 6.08 Å². The molecule has 1 heterocycles. The lowest BCUT2D eigenvalue weighted by Crippen LogP contribution is -2.34. The van der Waals surface area contributed by atoms with Crippen LogP contribution in [0.1, 0.15) is 12.5 Å². The van der Waals surface area contributed by atoms with Gasteiger partial charge in [-0.1, -0.05) is 49.4 Å². The third kappa shape index (κ3) is 3.31. The highest BCUT2D eigenvalue weighted by Gasteiger charge is 2.27. The first kappa shape index (κ1) is 15.0. The summed E-state index contributed by atoms with van der Waals surface area (Å²) in [5, 5.41) is 2.87. The average molecular weight is 306 g/mol. The zero-order valence-electron chi connectivity index (χ0n) is 12.9. The summed E-state index contributed by atoms with van der Waals surface area (Å²) in [4.78, 5) is 26.3. The molecule has 4 nitrogen and oxygen atoms in total. The maximum atomic E-state index is 12.6. The van der Waals surface area contributed by atoms with E-state index < -0.39 is 0 Å². The van der Waals surface area contributed by atoms with Crippen molar-refractivity contribution in [3.63, 3.8) is 0 Å². The molecule has 1 atom stereocenters. The minimum Gasteiger partial charge on any atom is -0.324 e. The lowest BCUT2D eigenvalue weighted by atomic mass is 10.1. The molecule has 0 bridgehead atoms. The quantitative estimate of drug-likeness (QED) is 0.865. The van der Waals surface area contributed by atoms with Crippen molar-refractivity contribution in [1.29, 1.82) is 0 Å². The predicted molar refractivity (Wildman–Crippen MR) is 92.1 cm³/mol. The summed E-state index contributed by atoms with van der Waals surface area (Å²) in [6.07, 6.45) is 3.34. The van der Waals surface area contributed by atoms with Gasteiger partial charge in [-0.05, 0) is 23.8 Å². The van der Waals surface area contributed by atoms with E-state index in [0.717, 1.165) is 11.3 Å². The van der Waals surface area contributed by atoms with Crippen LogP contribution in [0.4, 0.5) is 11.4 Å². The summed E-state index contributed by atoms with van der Waals surface area (Å²) in [6, 6.07) is 17.0. The van der Waals surface area contributed by atoms with Crippen molar-refractivity contribution in [2.45, 2.75) is 6.92 Å². The van der Waals surface area contributed by atoms with Gasteiger partial charge >= 0.3 is 0 Å². The molecule has 0 radical (unpaired) electrons. The van der Waals surface area contributed by atoms with Gasteiger partial charge in [-0.3, -0.25) is 9.59 Å².